The number of ether oxygens (including phenoxy) is 1. The first-order valence-electron chi connectivity index (χ1n) is 9.95. The average molecular weight is 551 g/mol. The second-order valence-electron chi connectivity index (χ2n) is 7.23. The second-order valence-corrected chi connectivity index (χ2v) is 8.89. The molecule has 0 radical (unpaired) electrons. The minimum atomic E-state index is -0.759. The molecular weight excluding hydrogens is 536 g/mol. The van der Waals surface area contributed by atoms with Crippen LogP contribution in [0.5, 0.6) is 5.75 Å². The predicted octanol–water partition coefficient (Wildman–Crippen LogP) is 6.34. The second kappa shape index (κ2) is 10.2. The van der Waals surface area contributed by atoms with Crippen LogP contribution in [0.15, 0.2) is 71.4 Å². The van der Waals surface area contributed by atoms with Crippen molar-refractivity contribution < 1.29 is 19.1 Å². The lowest BCUT2D eigenvalue weighted by Crippen LogP contribution is -2.32. The summed E-state index contributed by atoms with van der Waals surface area (Å²) in [6.07, 6.45) is 0. The van der Waals surface area contributed by atoms with Gasteiger partial charge in [0.25, 0.3) is 17.7 Å². The molecule has 0 aromatic heterocycles. The van der Waals surface area contributed by atoms with Crippen molar-refractivity contribution in [1.82, 2.24) is 0 Å². The van der Waals surface area contributed by atoms with Crippen molar-refractivity contribution in [3.05, 3.63) is 92.0 Å². The first-order chi connectivity index (χ1) is 16.7. The Hall–Kier alpha value is -3.23. The fourth-order valence-electron chi connectivity index (χ4n) is 3.34. The summed E-state index contributed by atoms with van der Waals surface area (Å²) in [5.41, 5.74) is 0.943. The van der Waals surface area contributed by atoms with Crippen LogP contribution >= 0.6 is 46.4 Å². The van der Waals surface area contributed by atoms with Crippen molar-refractivity contribution in [2.45, 2.75) is 0 Å². The van der Waals surface area contributed by atoms with E-state index in [4.69, 9.17) is 51.1 Å². The molecule has 1 aliphatic heterocycles. The van der Waals surface area contributed by atoms with Gasteiger partial charge >= 0.3 is 0 Å². The van der Waals surface area contributed by atoms with Gasteiger partial charge in [-0.05, 0) is 54.6 Å². The number of hydrogen-bond acceptors (Lipinski definition) is 5. The molecule has 0 saturated carbocycles. The molecule has 0 bridgehead atoms. The topological polar surface area (TPSA) is 87.7 Å². The summed E-state index contributed by atoms with van der Waals surface area (Å²) in [5, 5.41) is 6.10. The number of nitrogens with zero attached hydrogens (tertiary/aromatic N) is 1. The zero-order valence-electron chi connectivity index (χ0n) is 17.9. The molecule has 0 saturated heterocycles. The number of carbonyl (C=O) groups is 3. The molecule has 0 atom stereocenters. The minimum absolute atomic E-state index is 0.104. The molecule has 11 heteroatoms. The van der Waals surface area contributed by atoms with Crippen LogP contribution in [0.3, 0.4) is 0 Å². The van der Waals surface area contributed by atoms with Gasteiger partial charge in [-0.2, -0.15) is 0 Å². The third kappa shape index (κ3) is 5.09. The largest absolute Gasteiger partial charge is 0.495 e. The van der Waals surface area contributed by atoms with Gasteiger partial charge in [0.1, 0.15) is 16.5 Å². The predicted molar refractivity (Wildman–Crippen MR) is 138 cm³/mol. The van der Waals surface area contributed by atoms with Crippen LogP contribution in [0.4, 0.5) is 17.1 Å². The normalized spacial score (nSPS) is 13.3. The maximum atomic E-state index is 13.0. The Labute approximate surface area is 220 Å². The fraction of sp³-hybridized carbons (Fsp3) is 0.0417. The van der Waals surface area contributed by atoms with E-state index < -0.39 is 17.7 Å². The van der Waals surface area contributed by atoms with E-state index in [-0.39, 0.29) is 32.0 Å². The molecule has 178 valence electrons. The minimum Gasteiger partial charge on any atom is -0.495 e. The van der Waals surface area contributed by atoms with E-state index in [2.05, 4.69) is 10.6 Å². The fourth-order valence-corrected chi connectivity index (χ4v) is 4.10. The Bertz CT molecular complexity index is 1410. The Kier molecular flexibility index (Phi) is 7.23. The van der Waals surface area contributed by atoms with Crippen LogP contribution in [0.1, 0.15) is 10.4 Å². The van der Waals surface area contributed by atoms with Crippen LogP contribution in [0.25, 0.3) is 0 Å². The van der Waals surface area contributed by atoms with Crippen LogP contribution in [-0.4, -0.2) is 24.8 Å². The molecular formula is C24H15Cl4N3O4. The Morgan fingerprint density at radius 1 is 0.886 bits per heavy atom. The summed E-state index contributed by atoms with van der Waals surface area (Å²) in [6, 6.07) is 15.5. The van der Waals surface area contributed by atoms with Crippen LogP contribution < -0.4 is 20.3 Å². The van der Waals surface area contributed by atoms with E-state index in [9.17, 15) is 14.4 Å². The molecule has 3 aromatic carbocycles. The number of halogens is 4. The van der Waals surface area contributed by atoms with Crippen molar-refractivity contribution in [2.75, 3.05) is 22.6 Å². The van der Waals surface area contributed by atoms with Gasteiger partial charge in [-0.3, -0.25) is 14.4 Å². The number of benzene rings is 3. The van der Waals surface area contributed by atoms with Crippen LogP contribution in [-0.2, 0) is 9.59 Å². The molecule has 0 unspecified atom stereocenters. The maximum absolute atomic E-state index is 13.0. The van der Waals surface area contributed by atoms with Gasteiger partial charge in [-0.15, -0.1) is 0 Å². The Balaban J connectivity index is 1.57. The van der Waals surface area contributed by atoms with Gasteiger partial charge in [0.05, 0.1) is 23.5 Å². The smallest absolute Gasteiger partial charge is 0.283 e. The standard InChI is InChI=1S/C24H15Cl4N3O4/c1-35-19-8-6-13(25)10-17(19)30-22(32)12-3-2-4-15(9-12)29-21-20(28)23(33)31(24(21)34)18-11-14(26)5-7-16(18)27/h2-11,29H,1H3,(H,30,32). The Morgan fingerprint density at radius 2 is 1.60 bits per heavy atom. The lowest BCUT2D eigenvalue weighted by Gasteiger charge is -2.17. The number of imide groups is 1. The Morgan fingerprint density at radius 3 is 2.34 bits per heavy atom. The number of methoxy groups -OCH3 is 1. The molecule has 1 heterocycles. The van der Waals surface area contributed by atoms with E-state index >= 15 is 0 Å². The van der Waals surface area contributed by atoms with Gasteiger partial charge in [0, 0.05) is 21.3 Å². The molecule has 3 aromatic rings. The molecule has 7 nitrogen and oxygen atoms in total. The molecule has 4 rings (SSSR count). The highest BCUT2D eigenvalue weighted by Crippen LogP contribution is 2.36. The van der Waals surface area contributed by atoms with Crippen LogP contribution in [0, 0.1) is 0 Å². The van der Waals surface area contributed by atoms with Crippen molar-refractivity contribution in [3.63, 3.8) is 0 Å². The summed E-state index contributed by atoms with van der Waals surface area (Å²) in [4.78, 5) is 39.5. The van der Waals surface area contributed by atoms with E-state index in [0.29, 0.717) is 22.1 Å². The molecule has 0 fully saturated rings. The molecule has 35 heavy (non-hydrogen) atoms. The van der Waals surface area contributed by atoms with Crippen molar-refractivity contribution in [1.29, 1.82) is 0 Å². The maximum Gasteiger partial charge on any atom is 0.283 e. The zero-order chi connectivity index (χ0) is 25.3. The number of hydrogen-bond donors (Lipinski definition) is 2. The number of nitrogens with one attached hydrogen (secondary N) is 2. The summed E-state index contributed by atoms with van der Waals surface area (Å²) in [7, 11) is 1.47. The third-order valence-corrected chi connectivity index (χ3v) is 6.12. The number of anilines is 3. The van der Waals surface area contributed by atoms with Crippen LogP contribution in [0.2, 0.25) is 15.1 Å². The quantitative estimate of drug-likeness (QED) is 0.349. The third-order valence-electron chi connectivity index (χ3n) is 4.98. The van der Waals surface area contributed by atoms with Gasteiger partial charge in [-0.25, -0.2) is 4.90 Å². The summed E-state index contributed by atoms with van der Waals surface area (Å²) in [5.74, 6) is -1.49. The van der Waals surface area contributed by atoms with Gasteiger partial charge in [-0.1, -0.05) is 52.5 Å². The van der Waals surface area contributed by atoms with E-state index in [1.807, 2.05) is 0 Å². The highest BCUT2D eigenvalue weighted by atomic mass is 35.5. The molecule has 1 aliphatic rings. The summed E-state index contributed by atoms with van der Waals surface area (Å²) in [6.45, 7) is 0. The highest BCUT2D eigenvalue weighted by Gasteiger charge is 2.40. The number of rotatable bonds is 6. The molecule has 0 aliphatic carbocycles. The van der Waals surface area contributed by atoms with E-state index in [1.165, 1.54) is 31.4 Å². The first-order valence-corrected chi connectivity index (χ1v) is 11.5. The van der Waals surface area contributed by atoms with Gasteiger partial charge in [0.2, 0.25) is 0 Å². The van der Waals surface area contributed by atoms with E-state index in [0.717, 1.165) is 4.90 Å². The highest BCUT2D eigenvalue weighted by molar-refractivity contribution is 6.54. The molecule has 3 amide bonds. The van der Waals surface area contributed by atoms with E-state index in [1.54, 1.807) is 36.4 Å². The SMILES string of the molecule is COc1ccc(Cl)cc1NC(=O)c1cccc(NC2=C(Cl)C(=O)N(c3cc(Cl)ccc3Cl)C2=O)c1. The lowest BCUT2D eigenvalue weighted by molar-refractivity contribution is -0.120. The molecule has 2 N–H and O–H groups in total. The zero-order valence-corrected chi connectivity index (χ0v) is 20.9. The first kappa shape index (κ1) is 24.9. The van der Waals surface area contributed by atoms with Gasteiger partial charge < -0.3 is 15.4 Å². The average Bonchev–Trinajstić information content (AvgIpc) is 3.04. The lowest BCUT2D eigenvalue weighted by atomic mass is 10.1. The van der Waals surface area contributed by atoms with Crippen molar-refractivity contribution >= 4 is 81.2 Å². The molecule has 0 spiro atoms. The van der Waals surface area contributed by atoms with Crippen molar-refractivity contribution in [2.24, 2.45) is 0 Å². The van der Waals surface area contributed by atoms with Crippen molar-refractivity contribution in [3.8, 4) is 5.75 Å². The number of amides is 3. The van der Waals surface area contributed by atoms with Gasteiger partial charge in [0.15, 0.2) is 0 Å². The summed E-state index contributed by atoms with van der Waals surface area (Å²) < 4.78 is 5.25. The number of carbonyl (C=O) groups excluding carboxylic acids is 3. The summed E-state index contributed by atoms with van der Waals surface area (Å²) >= 11 is 24.4. The monoisotopic (exact) mass is 549 g/mol.